The highest BCUT2D eigenvalue weighted by molar-refractivity contribution is 9.10. The lowest BCUT2D eigenvalue weighted by molar-refractivity contribution is 0.204. The van der Waals surface area contributed by atoms with Crippen molar-refractivity contribution in [3.8, 4) is 5.75 Å². The van der Waals surface area contributed by atoms with Crippen molar-refractivity contribution in [2.24, 2.45) is 0 Å². The SMILES string of the molecule is COCCC=Cc1nc(Br)ccc1OC. The van der Waals surface area contributed by atoms with E-state index < -0.39 is 0 Å². The molecule has 0 atom stereocenters. The highest BCUT2D eigenvalue weighted by Gasteiger charge is 2.00. The van der Waals surface area contributed by atoms with Gasteiger partial charge in [-0.3, -0.25) is 0 Å². The number of ether oxygens (including phenoxy) is 2. The summed E-state index contributed by atoms with van der Waals surface area (Å²) >= 11 is 3.32. The number of nitrogens with zero attached hydrogens (tertiary/aromatic N) is 1. The van der Waals surface area contributed by atoms with Gasteiger partial charge in [-0.05, 0) is 40.6 Å². The number of hydrogen-bond acceptors (Lipinski definition) is 3. The molecule has 0 aliphatic heterocycles. The molecule has 0 saturated carbocycles. The van der Waals surface area contributed by atoms with Crippen LogP contribution in [0.1, 0.15) is 12.1 Å². The van der Waals surface area contributed by atoms with E-state index in [0.717, 1.165) is 22.5 Å². The predicted octanol–water partition coefficient (Wildman–Crippen LogP) is 2.90. The fourth-order valence-corrected chi connectivity index (χ4v) is 1.43. The van der Waals surface area contributed by atoms with Gasteiger partial charge in [-0.25, -0.2) is 4.98 Å². The van der Waals surface area contributed by atoms with Gasteiger partial charge in [0.1, 0.15) is 16.0 Å². The van der Waals surface area contributed by atoms with Crippen LogP contribution in [0.3, 0.4) is 0 Å². The average molecular weight is 272 g/mol. The molecule has 15 heavy (non-hydrogen) atoms. The molecule has 0 bridgehead atoms. The Kier molecular flexibility index (Phi) is 5.36. The molecular weight excluding hydrogens is 258 g/mol. The van der Waals surface area contributed by atoms with Crippen LogP contribution in [-0.2, 0) is 4.74 Å². The van der Waals surface area contributed by atoms with Gasteiger partial charge in [-0.15, -0.1) is 0 Å². The summed E-state index contributed by atoms with van der Waals surface area (Å²) in [5, 5.41) is 0. The smallest absolute Gasteiger partial charge is 0.144 e. The lowest BCUT2D eigenvalue weighted by Crippen LogP contribution is -1.91. The van der Waals surface area contributed by atoms with E-state index in [4.69, 9.17) is 9.47 Å². The van der Waals surface area contributed by atoms with Crippen molar-refractivity contribution >= 4 is 22.0 Å². The average Bonchev–Trinajstić information content (AvgIpc) is 2.25. The molecule has 3 nitrogen and oxygen atoms in total. The molecule has 82 valence electrons. The minimum absolute atomic E-state index is 0.715. The van der Waals surface area contributed by atoms with E-state index >= 15 is 0 Å². The van der Waals surface area contributed by atoms with Crippen LogP contribution < -0.4 is 4.74 Å². The number of halogens is 1. The summed E-state index contributed by atoms with van der Waals surface area (Å²) in [7, 11) is 3.32. The van der Waals surface area contributed by atoms with Crippen molar-refractivity contribution in [3.05, 3.63) is 28.5 Å². The van der Waals surface area contributed by atoms with E-state index in [1.807, 2.05) is 24.3 Å². The molecule has 1 heterocycles. The van der Waals surface area contributed by atoms with Gasteiger partial charge in [-0.1, -0.05) is 6.08 Å². The van der Waals surface area contributed by atoms with Crippen LogP contribution in [-0.4, -0.2) is 25.8 Å². The topological polar surface area (TPSA) is 31.4 Å². The third-order valence-corrected chi connectivity index (χ3v) is 2.28. The molecule has 4 heteroatoms. The van der Waals surface area contributed by atoms with Gasteiger partial charge in [-0.2, -0.15) is 0 Å². The molecule has 1 aromatic heterocycles. The van der Waals surface area contributed by atoms with Crippen LogP contribution in [0.25, 0.3) is 6.08 Å². The number of rotatable bonds is 5. The first-order valence-electron chi connectivity index (χ1n) is 4.64. The zero-order valence-electron chi connectivity index (χ0n) is 8.87. The van der Waals surface area contributed by atoms with E-state index in [-0.39, 0.29) is 0 Å². The Morgan fingerprint density at radius 3 is 2.87 bits per heavy atom. The van der Waals surface area contributed by atoms with Crippen molar-refractivity contribution in [2.45, 2.75) is 6.42 Å². The Morgan fingerprint density at radius 2 is 2.20 bits per heavy atom. The first-order chi connectivity index (χ1) is 7.27. The molecule has 0 fully saturated rings. The van der Waals surface area contributed by atoms with Crippen LogP contribution in [0.2, 0.25) is 0 Å². The summed E-state index contributed by atoms with van der Waals surface area (Å²) in [6.07, 6.45) is 4.82. The lowest BCUT2D eigenvalue weighted by atomic mass is 10.3. The third kappa shape index (κ3) is 4.01. The van der Waals surface area contributed by atoms with Gasteiger partial charge in [0.15, 0.2) is 0 Å². The normalized spacial score (nSPS) is 10.9. The van der Waals surface area contributed by atoms with Crippen molar-refractivity contribution in [1.82, 2.24) is 4.98 Å². The summed E-state index contributed by atoms with van der Waals surface area (Å²) in [6, 6.07) is 3.73. The molecule has 1 rings (SSSR count). The minimum atomic E-state index is 0.715. The molecule has 0 aliphatic rings. The summed E-state index contributed by atoms with van der Waals surface area (Å²) in [5.74, 6) is 0.770. The van der Waals surface area contributed by atoms with Gasteiger partial charge < -0.3 is 9.47 Å². The Bertz CT molecular complexity index is 339. The largest absolute Gasteiger partial charge is 0.494 e. The Labute approximate surface area is 98.2 Å². The maximum absolute atomic E-state index is 5.19. The third-order valence-electron chi connectivity index (χ3n) is 1.84. The summed E-state index contributed by atoms with van der Waals surface area (Å²) in [5.41, 5.74) is 0.822. The molecule has 0 aliphatic carbocycles. The standard InChI is InChI=1S/C11H14BrNO2/c1-14-8-4-3-5-9-10(15-2)6-7-11(12)13-9/h3,5-7H,4,8H2,1-2H3. The van der Waals surface area contributed by atoms with E-state index in [0.29, 0.717) is 6.61 Å². The van der Waals surface area contributed by atoms with Crippen molar-refractivity contribution < 1.29 is 9.47 Å². The zero-order chi connectivity index (χ0) is 11.1. The molecule has 0 unspecified atom stereocenters. The van der Waals surface area contributed by atoms with Crippen LogP contribution >= 0.6 is 15.9 Å². The summed E-state index contributed by atoms with van der Waals surface area (Å²) in [4.78, 5) is 4.31. The first kappa shape index (κ1) is 12.2. The second-order valence-electron chi connectivity index (χ2n) is 2.91. The molecular formula is C11H14BrNO2. The highest BCUT2D eigenvalue weighted by Crippen LogP contribution is 2.20. The van der Waals surface area contributed by atoms with Crippen molar-refractivity contribution in [2.75, 3.05) is 20.8 Å². The molecule has 0 saturated heterocycles. The molecule has 1 aromatic rings. The second-order valence-corrected chi connectivity index (χ2v) is 3.72. The Balaban J connectivity index is 2.73. The van der Waals surface area contributed by atoms with Crippen LogP contribution in [0.15, 0.2) is 22.8 Å². The van der Waals surface area contributed by atoms with E-state index in [9.17, 15) is 0 Å². The number of hydrogen-bond donors (Lipinski definition) is 0. The van der Waals surface area contributed by atoms with E-state index in [1.165, 1.54) is 0 Å². The Morgan fingerprint density at radius 1 is 1.40 bits per heavy atom. The quantitative estimate of drug-likeness (QED) is 0.610. The molecule has 0 amide bonds. The molecule has 0 aromatic carbocycles. The highest BCUT2D eigenvalue weighted by atomic mass is 79.9. The van der Waals surface area contributed by atoms with Crippen molar-refractivity contribution in [3.63, 3.8) is 0 Å². The maximum atomic E-state index is 5.19. The predicted molar refractivity (Wildman–Crippen MR) is 64.0 cm³/mol. The van der Waals surface area contributed by atoms with E-state index in [1.54, 1.807) is 14.2 Å². The van der Waals surface area contributed by atoms with Gasteiger partial charge in [0.2, 0.25) is 0 Å². The van der Waals surface area contributed by atoms with Gasteiger partial charge in [0.25, 0.3) is 0 Å². The second kappa shape index (κ2) is 6.58. The number of pyridine rings is 1. The molecule has 0 radical (unpaired) electrons. The fourth-order valence-electron chi connectivity index (χ4n) is 1.11. The first-order valence-corrected chi connectivity index (χ1v) is 5.43. The van der Waals surface area contributed by atoms with Crippen molar-refractivity contribution in [1.29, 1.82) is 0 Å². The fraction of sp³-hybridized carbons (Fsp3) is 0.364. The van der Waals surface area contributed by atoms with Gasteiger partial charge in [0, 0.05) is 13.7 Å². The van der Waals surface area contributed by atoms with E-state index in [2.05, 4.69) is 20.9 Å². The van der Waals surface area contributed by atoms with Crippen LogP contribution in [0.5, 0.6) is 5.75 Å². The van der Waals surface area contributed by atoms with Crippen LogP contribution in [0.4, 0.5) is 0 Å². The van der Waals surface area contributed by atoms with Crippen LogP contribution in [0, 0.1) is 0 Å². The zero-order valence-corrected chi connectivity index (χ0v) is 10.5. The molecule has 0 spiro atoms. The lowest BCUT2D eigenvalue weighted by Gasteiger charge is -2.03. The number of methoxy groups -OCH3 is 2. The van der Waals surface area contributed by atoms with Gasteiger partial charge >= 0.3 is 0 Å². The maximum Gasteiger partial charge on any atom is 0.144 e. The Hall–Kier alpha value is -0.870. The minimum Gasteiger partial charge on any atom is -0.494 e. The number of aromatic nitrogens is 1. The molecule has 0 N–H and O–H groups in total. The summed E-state index contributed by atoms with van der Waals surface area (Å²) < 4.78 is 10.9. The summed E-state index contributed by atoms with van der Waals surface area (Å²) in [6.45, 7) is 0.715. The monoisotopic (exact) mass is 271 g/mol. The van der Waals surface area contributed by atoms with Gasteiger partial charge in [0.05, 0.1) is 7.11 Å².